The Bertz CT molecular complexity index is 985. The zero-order valence-electron chi connectivity index (χ0n) is 16.5. The molecular weight excluding hydrogens is 350 g/mol. The van der Waals surface area contributed by atoms with Crippen LogP contribution in [0.2, 0.25) is 0 Å². The molecule has 1 aromatic heterocycles. The monoisotopic (exact) mass is 375 g/mol. The van der Waals surface area contributed by atoms with Crippen molar-refractivity contribution in [1.29, 1.82) is 0 Å². The van der Waals surface area contributed by atoms with Gasteiger partial charge in [-0.15, -0.1) is 0 Å². The van der Waals surface area contributed by atoms with Crippen molar-refractivity contribution >= 4 is 5.97 Å². The summed E-state index contributed by atoms with van der Waals surface area (Å²) in [6.07, 6.45) is 4.75. The highest BCUT2D eigenvalue weighted by molar-refractivity contribution is 5.95. The maximum absolute atomic E-state index is 11.5. The van der Waals surface area contributed by atoms with Gasteiger partial charge in [-0.05, 0) is 29.7 Å². The van der Waals surface area contributed by atoms with Crippen LogP contribution in [-0.4, -0.2) is 25.8 Å². The van der Waals surface area contributed by atoms with E-state index >= 15 is 0 Å². The molecule has 0 aliphatic carbocycles. The minimum Gasteiger partial charge on any atom is -0.478 e. The Morgan fingerprint density at radius 2 is 1.86 bits per heavy atom. The second-order valence-electron chi connectivity index (χ2n) is 7.02. The molecule has 0 spiro atoms. The third-order valence-corrected chi connectivity index (χ3v) is 4.58. The van der Waals surface area contributed by atoms with Crippen molar-refractivity contribution in [1.82, 2.24) is 14.8 Å². The molecule has 1 N–H and O–H groups in total. The first kappa shape index (κ1) is 19.5. The number of nitrogens with zero attached hydrogens (tertiary/aromatic N) is 3. The number of carboxylic acids is 1. The highest BCUT2D eigenvalue weighted by atomic mass is 16.4. The molecule has 0 radical (unpaired) electrons. The van der Waals surface area contributed by atoms with E-state index in [9.17, 15) is 9.90 Å². The zero-order valence-corrected chi connectivity index (χ0v) is 16.5. The van der Waals surface area contributed by atoms with E-state index in [-0.39, 0.29) is 5.92 Å². The van der Waals surface area contributed by atoms with Crippen LogP contribution < -0.4 is 0 Å². The van der Waals surface area contributed by atoms with Crippen molar-refractivity contribution in [3.8, 4) is 11.1 Å². The molecule has 0 saturated heterocycles. The fourth-order valence-corrected chi connectivity index (χ4v) is 3.03. The van der Waals surface area contributed by atoms with Crippen molar-refractivity contribution in [3.63, 3.8) is 0 Å². The summed E-state index contributed by atoms with van der Waals surface area (Å²) in [6.45, 7) is 6.88. The Kier molecular flexibility index (Phi) is 6.04. The van der Waals surface area contributed by atoms with E-state index in [2.05, 4.69) is 25.0 Å². The number of hydrogen-bond donors (Lipinski definition) is 1. The lowest BCUT2D eigenvalue weighted by atomic mass is 9.98. The van der Waals surface area contributed by atoms with Gasteiger partial charge in [0.15, 0.2) is 5.82 Å². The minimum atomic E-state index is -0.919. The molecule has 5 heteroatoms. The number of rotatable bonds is 7. The van der Waals surface area contributed by atoms with Gasteiger partial charge in [0.05, 0.1) is 12.1 Å². The number of aromatic carboxylic acids is 1. The first-order chi connectivity index (χ1) is 13.5. The molecule has 0 aliphatic heterocycles. The first-order valence-corrected chi connectivity index (χ1v) is 9.46. The fourth-order valence-electron chi connectivity index (χ4n) is 3.03. The molecule has 3 aromatic rings. The zero-order chi connectivity index (χ0) is 20.1. The molecule has 1 heterocycles. The van der Waals surface area contributed by atoms with Gasteiger partial charge in [0.1, 0.15) is 5.82 Å². The van der Waals surface area contributed by atoms with Crippen molar-refractivity contribution in [2.75, 3.05) is 0 Å². The molecule has 0 saturated carbocycles. The number of carboxylic acid groups (broad SMARTS) is 1. The van der Waals surface area contributed by atoms with Gasteiger partial charge in [-0.3, -0.25) is 0 Å². The number of allylic oxidation sites excluding steroid dienone is 2. The van der Waals surface area contributed by atoms with E-state index in [1.165, 1.54) is 0 Å². The molecule has 0 fully saturated rings. The van der Waals surface area contributed by atoms with Crippen molar-refractivity contribution in [2.45, 2.75) is 39.7 Å². The van der Waals surface area contributed by atoms with Crippen LogP contribution in [0.3, 0.4) is 0 Å². The van der Waals surface area contributed by atoms with Gasteiger partial charge in [-0.25, -0.2) is 14.5 Å². The van der Waals surface area contributed by atoms with E-state index in [0.717, 1.165) is 28.3 Å². The Morgan fingerprint density at radius 1 is 1.14 bits per heavy atom. The molecule has 2 aromatic carbocycles. The first-order valence-electron chi connectivity index (χ1n) is 9.46. The largest absolute Gasteiger partial charge is 0.478 e. The summed E-state index contributed by atoms with van der Waals surface area (Å²) in [4.78, 5) is 16.2. The third kappa shape index (κ3) is 4.36. The van der Waals surface area contributed by atoms with Crippen LogP contribution in [0.25, 0.3) is 11.1 Å². The summed E-state index contributed by atoms with van der Waals surface area (Å²) in [5.41, 5.74) is 3.03. The van der Waals surface area contributed by atoms with E-state index in [0.29, 0.717) is 18.5 Å². The summed E-state index contributed by atoms with van der Waals surface area (Å²) >= 11 is 0. The number of benzene rings is 2. The summed E-state index contributed by atoms with van der Waals surface area (Å²) < 4.78 is 1.95. The Hall–Kier alpha value is -3.21. The van der Waals surface area contributed by atoms with Crippen LogP contribution >= 0.6 is 0 Å². The number of carbonyl (C=O) groups is 1. The highest BCUT2D eigenvalue weighted by Crippen LogP contribution is 2.25. The topological polar surface area (TPSA) is 68.0 Å². The van der Waals surface area contributed by atoms with Crippen LogP contribution in [-0.2, 0) is 13.0 Å². The fraction of sp³-hybridized carbons (Fsp3) is 0.261. The average Bonchev–Trinajstić information content (AvgIpc) is 3.10. The summed E-state index contributed by atoms with van der Waals surface area (Å²) in [5, 5.41) is 14.0. The lowest BCUT2D eigenvalue weighted by Crippen LogP contribution is -2.05. The second kappa shape index (κ2) is 8.65. The van der Waals surface area contributed by atoms with Crippen LogP contribution in [0.5, 0.6) is 0 Å². The number of aromatic nitrogens is 3. The molecule has 144 valence electrons. The number of hydrogen-bond acceptors (Lipinski definition) is 3. The molecule has 28 heavy (non-hydrogen) atoms. The van der Waals surface area contributed by atoms with Crippen molar-refractivity contribution in [2.24, 2.45) is 0 Å². The quantitative estimate of drug-likeness (QED) is 0.594. The van der Waals surface area contributed by atoms with E-state index in [1.54, 1.807) is 12.1 Å². The second-order valence-corrected chi connectivity index (χ2v) is 7.02. The van der Waals surface area contributed by atoms with Gasteiger partial charge in [-0.1, -0.05) is 68.5 Å². The van der Waals surface area contributed by atoms with E-state index in [4.69, 9.17) is 4.98 Å². The van der Waals surface area contributed by atoms with Crippen molar-refractivity contribution < 1.29 is 9.90 Å². The SMILES string of the molecule is CC=CCn1nc(C(C)C)nc1Cc1ccc(-c2ccccc2C(=O)O)cc1. The average molecular weight is 375 g/mol. The Balaban J connectivity index is 1.86. The molecule has 0 bridgehead atoms. The summed E-state index contributed by atoms with van der Waals surface area (Å²) in [5.74, 6) is 1.14. The van der Waals surface area contributed by atoms with Crippen LogP contribution in [0.15, 0.2) is 60.7 Å². The lowest BCUT2D eigenvalue weighted by molar-refractivity contribution is 0.0697. The molecule has 3 rings (SSSR count). The van der Waals surface area contributed by atoms with Gasteiger partial charge in [0.2, 0.25) is 0 Å². The molecule has 0 amide bonds. The van der Waals surface area contributed by atoms with Gasteiger partial charge in [0, 0.05) is 12.3 Å². The molecule has 0 atom stereocenters. The van der Waals surface area contributed by atoms with Gasteiger partial charge < -0.3 is 5.11 Å². The van der Waals surface area contributed by atoms with Crippen LogP contribution in [0, 0.1) is 0 Å². The smallest absolute Gasteiger partial charge is 0.336 e. The summed E-state index contributed by atoms with van der Waals surface area (Å²) in [7, 11) is 0. The maximum Gasteiger partial charge on any atom is 0.336 e. The summed E-state index contributed by atoms with van der Waals surface area (Å²) in [6, 6.07) is 15.0. The van der Waals surface area contributed by atoms with Gasteiger partial charge >= 0.3 is 5.97 Å². The van der Waals surface area contributed by atoms with Crippen LogP contribution in [0.1, 0.15) is 54.3 Å². The van der Waals surface area contributed by atoms with Gasteiger partial charge in [0.25, 0.3) is 0 Å². The predicted octanol–water partition coefficient (Wildman–Crippen LogP) is 4.93. The third-order valence-electron chi connectivity index (χ3n) is 4.58. The molecule has 5 nitrogen and oxygen atoms in total. The lowest BCUT2D eigenvalue weighted by Gasteiger charge is -2.08. The van der Waals surface area contributed by atoms with Gasteiger partial charge in [-0.2, -0.15) is 5.10 Å². The maximum atomic E-state index is 11.5. The standard InChI is InChI=1S/C23H25N3O2/c1-4-5-14-26-21(24-22(25-26)16(2)3)15-17-10-12-18(13-11-17)19-8-6-7-9-20(19)23(27)28/h4-13,16H,14-15H2,1-3H3,(H,27,28). The molecule has 0 aliphatic rings. The van der Waals surface area contributed by atoms with E-state index < -0.39 is 5.97 Å². The minimum absolute atomic E-state index is 0.278. The Labute approximate surface area is 165 Å². The Morgan fingerprint density at radius 3 is 2.50 bits per heavy atom. The molecule has 0 unspecified atom stereocenters. The van der Waals surface area contributed by atoms with Crippen LogP contribution in [0.4, 0.5) is 0 Å². The van der Waals surface area contributed by atoms with Crippen molar-refractivity contribution in [3.05, 3.63) is 83.5 Å². The normalized spacial score (nSPS) is 11.4. The van der Waals surface area contributed by atoms with E-state index in [1.807, 2.05) is 54.1 Å². The predicted molar refractivity (Wildman–Crippen MR) is 111 cm³/mol. The molecular formula is C23H25N3O2. The highest BCUT2D eigenvalue weighted by Gasteiger charge is 2.14.